The van der Waals surface area contributed by atoms with Gasteiger partial charge >= 0.3 is 6.16 Å². The third kappa shape index (κ3) is 11.0. The molecule has 2 heterocycles. The number of fused-ring (bicyclic) bond motifs is 4. The van der Waals surface area contributed by atoms with E-state index in [9.17, 15) is 39.6 Å². The summed E-state index contributed by atoms with van der Waals surface area (Å²) in [7, 11) is 1.32. The van der Waals surface area contributed by atoms with Crippen LogP contribution >= 0.6 is 0 Å². The zero-order valence-electron chi connectivity index (χ0n) is 41.4. The Morgan fingerprint density at radius 3 is 2.31 bits per heavy atom. The topological polar surface area (TPSA) is 231 Å². The molecule has 3 aromatic carbocycles. The molecule has 0 bridgehead atoms. The average Bonchev–Trinajstić information content (AvgIpc) is 3.30. The molecule has 15 heteroatoms. The molecule has 3 aromatic rings. The minimum Gasteiger partial charge on any atom is -0.507 e. The number of ether oxygens (including phenoxy) is 6. The number of hydrogen-bond acceptors (Lipinski definition) is 15. The molecule has 6 N–H and O–H groups in total. The van der Waals surface area contributed by atoms with Crippen molar-refractivity contribution >= 4 is 23.5 Å². The molecule has 376 valence electrons. The number of phenolic OH excluding ortho intramolecular Hbond substituents is 2. The number of hydrogen-bond donors (Lipinski definition) is 5. The molecular formula is C55H67NO14. The molecule has 15 nitrogen and oxygen atoms in total. The average molecular weight is 966 g/mol. The standard InChI is InChI=1S/C55H67NO14/c1-29(2)13-9-14-30(3)15-10-16-31(4)17-12-21-54(7)22-20-34-24-35(23-32(5)52(34)70-54)68-53(63)66-28-41(57)55(64)26-37-44(40(27-55)69-42-25-38(56)47(58)33(6)67-42)51(62)46-45(49(37)60)48(59)36-18-11-19-39(65-8)43(36)50(46)61/h11,13,15,17-19,23-24,33,38,40,42,47,58,60,62,64H,9-10,12,14,16,20-22,25-28,56H2,1-8H3/b30-15+,31-17+/t33-,38-,40-,42-,47+,54-,55-/m1/s1. The molecular weight excluding hydrogens is 899 g/mol. The quantitative estimate of drug-likeness (QED) is 0.0306. The van der Waals surface area contributed by atoms with Crippen LogP contribution in [0.2, 0.25) is 0 Å². The van der Waals surface area contributed by atoms with Crippen molar-refractivity contribution in [2.45, 2.75) is 161 Å². The van der Waals surface area contributed by atoms with Gasteiger partial charge in [-0.3, -0.25) is 14.4 Å². The first-order valence-corrected chi connectivity index (χ1v) is 24.1. The molecule has 0 spiro atoms. The predicted octanol–water partition coefficient (Wildman–Crippen LogP) is 8.82. The summed E-state index contributed by atoms with van der Waals surface area (Å²) in [6.07, 6.45) is 7.29. The Labute approximate surface area is 409 Å². The van der Waals surface area contributed by atoms with Gasteiger partial charge in [0.1, 0.15) is 39.9 Å². The zero-order valence-corrected chi connectivity index (χ0v) is 41.4. The third-order valence-electron chi connectivity index (χ3n) is 14.1. The van der Waals surface area contributed by atoms with Crippen LogP contribution in [0.25, 0.3) is 0 Å². The Hall–Kier alpha value is -5.84. The van der Waals surface area contributed by atoms with Crippen molar-refractivity contribution in [1.29, 1.82) is 0 Å². The summed E-state index contributed by atoms with van der Waals surface area (Å²) in [6.45, 7) is 13.2. The van der Waals surface area contributed by atoms with Crippen LogP contribution in [0.5, 0.6) is 28.7 Å². The van der Waals surface area contributed by atoms with E-state index in [-0.39, 0.29) is 45.8 Å². The number of benzene rings is 3. The van der Waals surface area contributed by atoms with Gasteiger partial charge in [0.05, 0.1) is 42.1 Å². The fourth-order valence-corrected chi connectivity index (χ4v) is 10.0. The van der Waals surface area contributed by atoms with Crippen LogP contribution in [0.15, 0.2) is 65.3 Å². The van der Waals surface area contributed by atoms with Gasteiger partial charge in [-0.05, 0) is 129 Å². The van der Waals surface area contributed by atoms with E-state index < -0.39 is 102 Å². The Balaban J connectivity index is 1.02. The van der Waals surface area contributed by atoms with E-state index >= 15 is 0 Å². The van der Waals surface area contributed by atoms with Crippen LogP contribution in [0.1, 0.15) is 160 Å². The van der Waals surface area contributed by atoms with E-state index in [1.165, 1.54) is 42.0 Å². The second-order valence-electron chi connectivity index (χ2n) is 19.9. The third-order valence-corrected chi connectivity index (χ3v) is 14.1. The molecule has 1 fully saturated rings. The number of methoxy groups -OCH3 is 1. The van der Waals surface area contributed by atoms with Gasteiger partial charge in [0.2, 0.25) is 11.6 Å². The number of carbonyl (C=O) groups is 4. The van der Waals surface area contributed by atoms with Crippen molar-refractivity contribution in [1.82, 2.24) is 0 Å². The summed E-state index contributed by atoms with van der Waals surface area (Å²) in [5.41, 5.74) is 7.43. The lowest BCUT2D eigenvalue weighted by molar-refractivity contribution is -0.247. The summed E-state index contributed by atoms with van der Waals surface area (Å²) < 4.78 is 34.9. The second-order valence-corrected chi connectivity index (χ2v) is 19.9. The van der Waals surface area contributed by atoms with Crippen molar-refractivity contribution < 1.29 is 68.0 Å². The molecule has 7 atom stereocenters. The summed E-state index contributed by atoms with van der Waals surface area (Å²) in [5.74, 6) is -3.12. The number of allylic oxidation sites excluding steroid dienone is 6. The summed E-state index contributed by atoms with van der Waals surface area (Å²) >= 11 is 0. The monoisotopic (exact) mass is 965 g/mol. The molecule has 4 aliphatic rings. The van der Waals surface area contributed by atoms with Gasteiger partial charge in [-0.15, -0.1) is 0 Å². The highest BCUT2D eigenvalue weighted by Crippen LogP contribution is 2.53. The Kier molecular flexibility index (Phi) is 15.8. The normalized spacial score (nSPS) is 25.2. The fraction of sp³-hybridized carbons (Fsp3) is 0.491. The lowest BCUT2D eigenvalue weighted by Crippen LogP contribution is -2.53. The first kappa shape index (κ1) is 52.0. The van der Waals surface area contributed by atoms with E-state index in [4.69, 9.17) is 34.2 Å². The smallest absolute Gasteiger partial charge is 0.507 e. The molecule has 70 heavy (non-hydrogen) atoms. The van der Waals surface area contributed by atoms with E-state index in [0.29, 0.717) is 6.42 Å². The Morgan fingerprint density at radius 2 is 1.63 bits per heavy atom. The molecule has 2 aliphatic heterocycles. The summed E-state index contributed by atoms with van der Waals surface area (Å²) in [6, 6.07) is 6.91. The molecule has 0 amide bonds. The lowest BCUT2D eigenvalue weighted by atomic mass is 9.72. The van der Waals surface area contributed by atoms with Gasteiger partial charge in [-0.1, -0.05) is 47.1 Å². The van der Waals surface area contributed by atoms with Crippen LogP contribution in [0.3, 0.4) is 0 Å². The molecule has 1 saturated heterocycles. The van der Waals surface area contributed by atoms with E-state index in [1.54, 1.807) is 19.1 Å². The predicted molar refractivity (Wildman–Crippen MR) is 260 cm³/mol. The molecule has 0 saturated carbocycles. The SMILES string of the molecule is COc1cccc2c1C(=O)c1c(O)c3c(c(O)c1C2=O)C[C@](O)(C(=O)COC(=O)Oc1cc(C)c2c(c1)CC[C@@](C)(CC/C=C(\C)CC/C=C(\C)CCC=C(C)C)O2)C[C@H]3O[C@@H]1C[C@@H](N)[C@@H](O)[C@@H](C)O1. The van der Waals surface area contributed by atoms with E-state index in [2.05, 4.69) is 52.8 Å². The largest absolute Gasteiger partial charge is 0.514 e. The molecule has 0 unspecified atom stereocenters. The van der Waals surface area contributed by atoms with Crippen molar-refractivity contribution in [2.24, 2.45) is 5.73 Å². The molecule has 0 radical (unpaired) electrons. The number of phenols is 2. The number of nitrogens with two attached hydrogens (primary N) is 1. The van der Waals surface area contributed by atoms with Crippen molar-refractivity contribution in [2.75, 3.05) is 13.7 Å². The van der Waals surface area contributed by atoms with Crippen molar-refractivity contribution in [3.63, 3.8) is 0 Å². The van der Waals surface area contributed by atoms with Crippen molar-refractivity contribution in [3.8, 4) is 28.7 Å². The van der Waals surface area contributed by atoms with Crippen LogP contribution in [0.4, 0.5) is 4.79 Å². The van der Waals surface area contributed by atoms with Gasteiger partial charge in [-0.2, -0.15) is 0 Å². The van der Waals surface area contributed by atoms with Crippen LogP contribution in [0, 0.1) is 6.92 Å². The van der Waals surface area contributed by atoms with Crippen molar-refractivity contribution in [3.05, 3.63) is 110 Å². The van der Waals surface area contributed by atoms with Crippen LogP contribution < -0.4 is 19.9 Å². The highest BCUT2D eigenvalue weighted by Gasteiger charge is 2.51. The van der Waals surface area contributed by atoms with Gasteiger partial charge in [0.15, 0.2) is 18.7 Å². The molecule has 0 aromatic heterocycles. The first-order valence-electron chi connectivity index (χ1n) is 24.1. The minimum absolute atomic E-state index is 0.0422. The number of ketones is 3. The number of Topliss-reactive ketones (excluding diaryl/α,β-unsaturated/α-hetero) is 1. The maximum Gasteiger partial charge on any atom is 0.514 e. The highest BCUT2D eigenvalue weighted by molar-refractivity contribution is 6.31. The molecule has 2 aliphatic carbocycles. The maximum absolute atomic E-state index is 14.1. The van der Waals surface area contributed by atoms with Gasteiger partial charge in [0, 0.05) is 42.0 Å². The van der Waals surface area contributed by atoms with Gasteiger partial charge < -0.3 is 54.6 Å². The van der Waals surface area contributed by atoms with Gasteiger partial charge in [-0.25, -0.2) is 4.79 Å². The zero-order chi connectivity index (χ0) is 50.8. The van der Waals surface area contributed by atoms with Crippen LogP contribution in [-0.4, -0.2) is 93.4 Å². The number of aliphatic hydroxyl groups is 2. The summed E-state index contributed by atoms with van der Waals surface area (Å²) in [5, 5.41) is 46.3. The highest BCUT2D eigenvalue weighted by atomic mass is 16.7. The number of carbonyl (C=O) groups excluding carboxylic acids is 4. The Bertz CT molecular complexity index is 2630. The second kappa shape index (κ2) is 21.3. The number of aryl methyl sites for hydroxylation is 2. The first-order chi connectivity index (χ1) is 33.1. The fourth-order valence-electron chi connectivity index (χ4n) is 10.0. The Morgan fingerprint density at radius 1 is 0.943 bits per heavy atom. The number of aliphatic hydroxyl groups excluding tert-OH is 1. The number of rotatable bonds is 16. The van der Waals surface area contributed by atoms with E-state index in [0.717, 1.165) is 61.8 Å². The van der Waals surface area contributed by atoms with Gasteiger partial charge in [0.25, 0.3) is 0 Å². The maximum atomic E-state index is 14.1. The summed E-state index contributed by atoms with van der Waals surface area (Å²) in [4.78, 5) is 55.2. The van der Waals surface area contributed by atoms with Crippen LogP contribution in [-0.2, 0) is 31.8 Å². The number of aromatic hydroxyl groups is 2. The lowest BCUT2D eigenvalue weighted by Gasteiger charge is -2.42. The van der Waals surface area contributed by atoms with E-state index in [1.807, 2.05) is 6.92 Å². The molecule has 7 rings (SSSR count). The minimum atomic E-state index is -2.43.